The van der Waals surface area contributed by atoms with Crippen LogP contribution in [0.25, 0.3) is 10.1 Å². The predicted octanol–water partition coefficient (Wildman–Crippen LogP) is 4.18. The highest BCUT2D eigenvalue weighted by molar-refractivity contribution is 7.19. The minimum absolute atomic E-state index is 0.232. The summed E-state index contributed by atoms with van der Waals surface area (Å²) in [7, 11) is 0. The molecule has 0 saturated heterocycles. The minimum atomic E-state index is 0.232. The molecular weight excluding hydrogens is 214 g/mol. The maximum Gasteiger partial charge on any atom is 0.0346 e. The van der Waals surface area contributed by atoms with Crippen LogP contribution in [0.2, 0.25) is 0 Å². The predicted molar refractivity (Wildman–Crippen MR) is 73.0 cm³/mol. The Kier molecular flexibility index (Phi) is 3.31. The van der Waals surface area contributed by atoms with E-state index in [0.717, 1.165) is 13.0 Å². The van der Waals surface area contributed by atoms with Crippen LogP contribution in [-0.4, -0.2) is 5.54 Å². The molecule has 0 saturated carbocycles. The van der Waals surface area contributed by atoms with Gasteiger partial charge in [-0.05, 0) is 37.8 Å². The van der Waals surface area contributed by atoms with Gasteiger partial charge >= 0.3 is 0 Å². The second kappa shape index (κ2) is 4.56. The van der Waals surface area contributed by atoms with Gasteiger partial charge in [0.2, 0.25) is 0 Å². The van der Waals surface area contributed by atoms with Crippen LogP contribution >= 0.6 is 11.3 Å². The number of thiophene rings is 1. The highest BCUT2D eigenvalue weighted by Gasteiger charge is 2.13. The molecule has 0 unspecified atom stereocenters. The molecule has 0 aliphatic carbocycles. The van der Waals surface area contributed by atoms with E-state index in [1.54, 1.807) is 0 Å². The van der Waals surface area contributed by atoms with E-state index in [-0.39, 0.29) is 5.54 Å². The first-order valence-electron chi connectivity index (χ1n) is 5.83. The van der Waals surface area contributed by atoms with E-state index in [9.17, 15) is 0 Å². The number of hydrogen-bond acceptors (Lipinski definition) is 2. The van der Waals surface area contributed by atoms with Gasteiger partial charge in [-0.25, -0.2) is 0 Å². The lowest BCUT2D eigenvalue weighted by Gasteiger charge is -2.24. The van der Waals surface area contributed by atoms with Gasteiger partial charge in [0, 0.05) is 21.7 Å². The smallest absolute Gasteiger partial charge is 0.0346 e. The molecule has 0 aliphatic rings. The zero-order chi connectivity index (χ0) is 11.6. The molecule has 0 aliphatic heterocycles. The summed E-state index contributed by atoms with van der Waals surface area (Å²) >= 11 is 1.89. The summed E-state index contributed by atoms with van der Waals surface area (Å²) in [5.41, 5.74) is 0.232. The Morgan fingerprint density at radius 2 is 2.00 bits per heavy atom. The maximum atomic E-state index is 3.60. The van der Waals surface area contributed by atoms with Crippen LogP contribution in [-0.2, 0) is 6.54 Å². The second-order valence-electron chi connectivity index (χ2n) is 4.84. The first kappa shape index (κ1) is 11.6. The molecule has 0 bridgehead atoms. The molecule has 0 fully saturated rings. The molecule has 0 radical (unpaired) electrons. The highest BCUT2D eigenvalue weighted by atomic mass is 32.1. The Labute approximate surface area is 101 Å². The van der Waals surface area contributed by atoms with Crippen molar-refractivity contribution in [2.75, 3.05) is 0 Å². The van der Waals surface area contributed by atoms with Gasteiger partial charge in [0.15, 0.2) is 0 Å². The van der Waals surface area contributed by atoms with Crippen LogP contribution in [0.5, 0.6) is 0 Å². The molecular formula is C14H19NS. The van der Waals surface area contributed by atoms with Crippen LogP contribution in [0, 0.1) is 0 Å². The lowest BCUT2D eigenvalue weighted by atomic mass is 10.0. The topological polar surface area (TPSA) is 12.0 Å². The average molecular weight is 233 g/mol. The summed E-state index contributed by atoms with van der Waals surface area (Å²) in [6.07, 6.45) is 1.15. The number of hydrogen-bond donors (Lipinski definition) is 1. The summed E-state index contributed by atoms with van der Waals surface area (Å²) in [6, 6.07) is 10.9. The van der Waals surface area contributed by atoms with Crippen molar-refractivity contribution in [3.63, 3.8) is 0 Å². The van der Waals surface area contributed by atoms with E-state index < -0.39 is 0 Å². The number of fused-ring (bicyclic) bond motifs is 1. The van der Waals surface area contributed by atoms with E-state index in [0.29, 0.717) is 0 Å². The molecule has 86 valence electrons. The Balaban J connectivity index is 2.10. The molecule has 1 N–H and O–H groups in total. The third-order valence-corrected chi connectivity index (χ3v) is 4.22. The zero-order valence-electron chi connectivity index (χ0n) is 10.2. The fraction of sp³-hybridized carbons (Fsp3) is 0.429. The fourth-order valence-electron chi connectivity index (χ4n) is 1.58. The average Bonchev–Trinajstić information content (AvgIpc) is 2.69. The van der Waals surface area contributed by atoms with Crippen molar-refractivity contribution < 1.29 is 0 Å². The van der Waals surface area contributed by atoms with Crippen LogP contribution in [0.3, 0.4) is 0 Å². The molecule has 2 aromatic rings. The van der Waals surface area contributed by atoms with Crippen LogP contribution in [0.4, 0.5) is 0 Å². The van der Waals surface area contributed by atoms with Gasteiger partial charge < -0.3 is 5.32 Å². The van der Waals surface area contributed by atoms with Crippen LogP contribution < -0.4 is 5.32 Å². The first-order chi connectivity index (χ1) is 7.61. The molecule has 16 heavy (non-hydrogen) atoms. The normalized spacial score (nSPS) is 12.2. The van der Waals surface area contributed by atoms with Gasteiger partial charge in [-0.15, -0.1) is 11.3 Å². The van der Waals surface area contributed by atoms with E-state index >= 15 is 0 Å². The second-order valence-corrected chi connectivity index (χ2v) is 6.01. The lowest BCUT2D eigenvalue weighted by Crippen LogP contribution is -2.37. The Morgan fingerprint density at radius 3 is 2.69 bits per heavy atom. The Bertz CT molecular complexity index is 437. The standard InChI is InChI=1S/C14H19NS/c1-4-14(2,3)15-10-12-9-11-7-5-6-8-13(11)16-12/h5-9,15H,4,10H2,1-3H3. The maximum absolute atomic E-state index is 3.60. The first-order valence-corrected chi connectivity index (χ1v) is 6.65. The summed E-state index contributed by atoms with van der Waals surface area (Å²) in [5.74, 6) is 0. The highest BCUT2D eigenvalue weighted by Crippen LogP contribution is 2.25. The van der Waals surface area contributed by atoms with Crippen molar-refractivity contribution in [2.45, 2.75) is 39.3 Å². The van der Waals surface area contributed by atoms with Gasteiger partial charge in [0.1, 0.15) is 0 Å². The SMILES string of the molecule is CCC(C)(C)NCc1cc2ccccc2s1. The van der Waals surface area contributed by atoms with Crippen molar-refractivity contribution in [1.82, 2.24) is 5.32 Å². The van der Waals surface area contributed by atoms with E-state index in [1.165, 1.54) is 15.0 Å². The van der Waals surface area contributed by atoms with Gasteiger partial charge in [-0.1, -0.05) is 25.1 Å². The van der Waals surface area contributed by atoms with E-state index in [4.69, 9.17) is 0 Å². The number of benzene rings is 1. The van der Waals surface area contributed by atoms with E-state index in [2.05, 4.69) is 56.4 Å². The Hall–Kier alpha value is -0.860. The van der Waals surface area contributed by atoms with Gasteiger partial charge in [-0.2, -0.15) is 0 Å². The number of nitrogens with one attached hydrogen (secondary N) is 1. The summed E-state index contributed by atoms with van der Waals surface area (Å²) in [5, 5.41) is 4.96. The van der Waals surface area contributed by atoms with Crippen molar-refractivity contribution in [3.8, 4) is 0 Å². The fourth-order valence-corrected chi connectivity index (χ4v) is 2.58. The van der Waals surface area contributed by atoms with Crippen molar-refractivity contribution in [3.05, 3.63) is 35.2 Å². The van der Waals surface area contributed by atoms with Gasteiger partial charge in [0.25, 0.3) is 0 Å². The number of rotatable bonds is 4. The minimum Gasteiger partial charge on any atom is -0.307 e. The molecule has 2 heteroatoms. The summed E-state index contributed by atoms with van der Waals surface area (Å²) in [6.45, 7) is 7.69. The molecule has 0 atom stereocenters. The third-order valence-electron chi connectivity index (χ3n) is 3.10. The summed E-state index contributed by atoms with van der Waals surface area (Å²) < 4.78 is 1.38. The van der Waals surface area contributed by atoms with Crippen molar-refractivity contribution >= 4 is 21.4 Å². The molecule has 0 spiro atoms. The van der Waals surface area contributed by atoms with Crippen LogP contribution in [0.1, 0.15) is 32.1 Å². The molecule has 1 aromatic heterocycles. The van der Waals surface area contributed by atoms with Crippen LogP contribution in [0.15, 0.2) is 30.3 Å². The molecule has 1 nitrogen and oxygen atoms in total. The van der Waals surface area contributed by atoms with Crippen molar-refractivity contribution in [1.29, 1.82) is 0 Å². The van der Waals surface area contributed by atoms with Crippen molar-refractivity contribution in [2.24, 2.45) is 0 Å². The quantitative estimate of drug-likeness (QED) is 0.835. The molecule has 1 aromatic carbocycles. The summed E-state index contributed by atoms with van der Waals surface area (Å²) in [4.78, 5) is 1.42. The molecule has 0 amide bonds. The van der Waals surface area contributed by atoms with Gasteiger partial charge in [0.05, 0.1) is 0 Å². The molecule has 1 heterocycles. The van der Waals surface area contributed by atoms with Gasteiger partial charge in [-0.3, -0.25) is 0 Å². The Morgan fingerprint density at radius 1 is 1.25 bits per heavy atom. The lowest BCUT2D eigenvalue weighted by molar-refractivity contribution is 0.376. The zero-order valence-corrected chi connectivity index (χ0v) is 11.0. The third kappa shape index (κ3) is 2.63. The largest absolute Gasteiger partial charge is 0.307 e. The van der Waals surface area contributed by atoms with E-state index in [1.807, 2.05) is 11.3 Å². The monoisotopic (exact) mass is 233 g/mol. The molecule has 2 rings (SSSR count).